The van der Waals surface area contributed by atoms with Crippen molar-refractivity contribution in [2.75, 3.05) is 24.7 Å². The van der Waals surface area contributed by atoms with Gasteiger partial charge in [0.2, 0.25) is 0 Å². The van der Waals surface area contributed by atoms with Crippen molar-refractivity contribution in [3.63, 3.8) is 0 Å². The van der Waals surface area contributed by atoms with Gasteiger partial charge in [0.1, 0.15) is 63.9 Å². The lowest BCUT2D eigenvalue weighted by molar-refractivity contribution is -0.159. The Bertz CT molecular complexity index is 2270. The summed E-state index contributed by atoms with van der Waals surface area (Å²) in [7, 11) is 0. The normalized spacial score (nSPS) is 18.1. The number of fused-ring (bicyclic) bond motifs is 2. The highest BCUT2D eigenvalue weighted by Gasteiger charge is 2.48. The topological polar surface area (TPSA) is 245 Å². The number of aryl methyl sites for hydroxylation is 1. The van der Waals surface area contributed by atoms with E-state index in [9.17, 15) is 35.1 Å². The lowest BCUT2D eigenvalue weighted by Gasteiger charge is -2.44. The third kappa shape index (κ3) is 7.31. The van der Waals surface area contributed by atoms with Gasteiger partial charge in [-0.15, -0.1) is 0 Å². The molecule has 0 amide bonds. The first-order valence-electron chi connectivity index (χ1n) is 17.3. The van der Waals surface area contributed by atoms with Crippen LogP contribution < -0.4 is 21.6 Å². The maximum Gasteiger partial charge on any atom is 0.336 e. The zero-order chi connectivity index (χ0) is 38.7. The zero-order valence-corrected chi connectivity index (χ0v) is 29.7. The standard InChI is InChI=1S/C40H42N4O10/c1-3-22(18-45)39(51)53-30-16-27-36(50)34-29(49)15-26(19-46)52-38(34)35(37(27)54-40(30,2)11-9-21-7-8-31(41)44-17-21)33(24-10-12-43-32(42)14-24)28(20-47)23-5-4-6-25(48)13-23/h3-8,10,12-15,17,28,30,33,45-48,50H,9,11,16,18-20H2,1-2H3,(H2,41,44)(H2,42,43). The van der Waals surface area contributed by atoms with E-state index in [-0.39, 0.29) is 63.6 Å². The van der Waals surface area contributed by atoms with Gasteiger partial charge in [-0.1, -0.05) is 24.3 Å². The van der Waals surface area contributed by atoms with Gasteiger partial charge >= 0.3 is 5.97 Å². The summed E-state index contributed by atoms with van der Waals surface area (Å²) in [6.07, 6.45) is 3.97. The van der Waals surface area contributed by atoms with Gasteiger partial charge < -0.3 is 50.9 Å². The molecule has 4 unspecified atom stereocenters. The highest BCUT2D eigenvalue weighted by Crippen LogP contribution is 2.53. The summed E-state index contributed by atoms with van der Waals surface area (Å²) < 4.78 is 19.2. The minimum Gasteiger partial charge on any atom is -0.508 e. The number of nitrogen functional groups attached to an aromatic ring is 2. The van der Waals surface area contributed by atoms with E-state index in [0.29, 0.717) is 23.4 Å². The number of hydrogen-bond acceptors (Lipinski definition) is 14. The van der Waals surface area contributed by atoms with Crippen LogP contribution >= 0.6 is 0 Å². The summed E-state index contributed by atoms with van der Waals surface area (Å²) >= 11 is 0. The molecule has 0 saturated heterocycles. The number of ether oxygens (including phenoxy) is 2. The minimum absolute atomic E-state index is 0.0127. The fourth-order valence-corrected chi connectivity index (χ4v) is 7.10. The van der Waals surface area contributed by atoms with E-state index in [1.165, 1.54) is 24.4 Å². The summed E-state index contributed by atoms with van der Waals surface area (Å²) in [4.78, 5) is 35.5. The Labute approximate surface area is 310 Å². The second-order valence-electron chi connectivity index (χ2n) is 13.5. The van der Waals surface area contributed by atoms with E-state index >= 15 is 0 Å². The van der Waals surface area contributed by atoms with Crippen LogP contribution in [0, 0.1) is 0 Å². The average Bonchev–Trinajstić information content (AvgIpc) is 3.15. The number of carbonyl (C=O) groups is 1. The van der Waals surface area contributed by atoms with E-state index in [0.717, 1.165) is 11.6 Å². The van der Waals surface area contributed by atoms with Crippen LogP contribution in [0.5, 0.6) is 17.2 Å². The molecule has 9 N–H and O–H groups in total. The maximum atomic E-state index is 13.8. The van der Waals surface area contributed by atoms with Crippen molar-refractivity contribution >= 4 is 28.6 Å². The van der Waals surface area contributed by atoms with Crippen molar-refractivity contribution in [3.05, 3.63) is 122 Å². The molecule has 54 heavy (non-hydrogen) atoms. The van der Waals surface area contributed by atoms with E-state index in [1.807, 2.05) is 6.07 Å². The van der Waals surface area contributed by atoms with Crippen LogP contribution in [0.4, 0.5) is 11.6 Å². The van der Waals surface area contributed by atoms with Crippen molar-refractivity contribution in [2.24, 2.45) is 0 Å². The minimum atomic E-state index is -1.33. The fraction of sp³-hybridized carbons (Fsp3) is 0.300. The number of allylic oxidation sites excluding steroid dienone is 1. The van der Waals surface area contributed by atoms with Crippen LogP contribution in [-0.4, -0.2) is 66.4 Å². The second kappa shape index (κ2) is 15.6. The number of phenols is 2. The number of aromatic hydroxyl groups is 2. The number of nitrogens with two attached hydrogens (primary N) is 2. The SMILES string of the molecule is CC=C(CO)C(=O)OC1Cc2c(c(C(c3ccnc(N)c3)C(CO)c3cccc(O)c3)c3oc(CO)cc(=O)c3c2O)OC1(C)CCc1ccc(N)nc1. The Morgan fingerprint density at radius 1 is 1.06 bits per heavy atom. The molecule has 282 valence electrons. The van der Waals surface area contributed by atoms with Crippen LogP contribution in [0.1, 0.15) is 65.7 Å². The van der Waals surface area contributed by atoms with E-state index in [2.05, 4.69) is 9.97 Å². The number of pyridine rings is 2. The third-order valence-corrected chi connectivity index (χ3v) is 10.0. The maximum absolute atomic E-state index is 13.8. The monoisotopic (exact) mass is 738 g/mol. The molecule has 1 aliphatic rings. The average molecular weight is 739 g/mol. The Hall–Kier alpha value is -5.96. The summed E-state index contributed by atoms with van der Waals surface area (Å²) in [5.74, 6) is -2.62. The third-order valence-electron chi connectivity index (χ3n) is 10.0. The first-order valence-corrected chi connectivity index (χ1v) is 17.3. The van der Waals surface area contributed by atoms with Crippen molar-refractivity contribution in [1.29, 1.82) is 0 Å². The predicted molar refractivity (Wildman–Crippen MR) is 199 cm³/mol. The molecule has 1 aliphatic heterocycles. The molecule has 0 bridgehead atoms. The summed E-state index contributed by atoms with van der Waals surface area (Å²) in [5.41, 5.74) is 12.1. The van der Waals surface area contributed by atoms with Crippen LogP contribution in [0.25, 0.3) is 11.0 Å². The molecule has 4 heterocycles. The molecular formula is C40H42N4O10. The molecule has 14 heteroatoms. The number of aliphatic hydroxyl groups is 3. The largest absolute Gasteiger partial charge is 0.508 e. The molecule has 0 fully saturated rings. The number of nitrogens with zero attached hydrogens (tertiary/aromatic N) is 2. The number of phenolic OH excluding ortho intramolecular Hbond substituents is 2. The summed E-state index contributed by atoms with van der Waals surface area (Å²) in [6, 6.07) is 14.2. The van der Waals surface area contributed by atoms with Gasteiger partial charge in [-0.2, -0.15) is 0 Å². The highest BCUT2D eigenvalue weighted by molar-refractivity contribution is 5.92. The molecular weight excluding hydrogens is 696 g/mol. The lowest BCUT2D eigenvalue weighted by atomic mass is 9.74. The molecule has 6 rings (SSSR count). The molecule has 0 radical (unpaired) electrons. The number of aliphatic hydroxyl groups excluding tert-OH is 3. The quantitative estimate of drug-likeness (QED) is 0.0713. The first kappa shape index (κ1) is 37.8. The highest BCUT2D eigenvalue weighted by atomic mass is 16.6. The van der Waals surface area contributed by atoms with Crippen LogP contribution in [0.15, 0.2) is 87.9 Å². The van der Waals surface area contributed by atoms with Gasteiger partial charge in [-0.05, 0) is 73.7 Å². The van der Waals surface area contributed by atoms with Gasteiger partial charge in [-0.3, -0.25) is 4.79 Å². The number of carbonyl (C=O) groups excluding carboxylic acids is 1. The smallest absolute Gasteiger partial charge is 0.336 e. The molecule has 0 aliphatic carbocycles. The number of benzene rings is 2. The fourth-order valence-electron chi connectivity index (χ4n) is 7.10. The van der Waals surface area contributed by atoms with Crippen molar-refractivity contribution < 1.29 is 44.2 Å². The molecule has 4 atom stereocenters. The van der Waals surface area contributed by atoms with Crippen LogP contribution in [-0.2, 0) is 29.0 Å². The summed E-state index contributed by atoms with van der Waals surface area (Å²) in [6.45, 7) is 1.64. The number of esters is 1. The van der Waals surface area contributed by atoms with Crippen LogP contribution in [0.2, 0.25) is 0 Å². The molecule has 0 spiro atoms. The van der Waals surface area contributed by atoms with Crippen molar-refractivity contribution in [2.45, 2.75) is 63.3 Å². The van der Waals surface area contributed by atoms with Gasteiger partial charge in [0.25, 0.3) is 0 Å². The molecule has 14 nitrogen and oxygen atoms in total. The lowest BCUT2D eigenvalue weighted by Crippen LogP contribution is -2.52. The van der Waals surface area contributed by atoms with Gasteiger partial charge in [0, 0.05) is 47.8 Å². The Morgan fingerprint density at radius 3 is 2.50 bits per heavy atom. The molecule has 3 aromatic heterocycles. The molecule has 0 saturated carbocycles. The van der Waals surface area contributed by atoms with Crippen molar-refractivity contribution in [3.8, 4) is 17.2 Å². The van der Waals surface area contributed by atoms with Crippen molar-refractivity contribution in [1.82, 2.24) is 9.97 Å². The second-order valence-corrected chi connectivity index (χ2v) is 13.5. The van der Waals surface area contributed by atoms with E-state index in [4.69, 9.17) is 25.4 Å². The van der Waals surface area contributed by atoms with Crippen LogP contribution in [0.3, 0.4) is 0 Å². The molecule has 2 aromatic carbocycles. The molecule has 5 aromatic rings. The Kier molecular flexibility index (Phi) is 10.9. The summed E-state index contributed by atoms with van der Waals surface area (Å²) in [5, 5.41) is 53.4. The van der Waals surface area contributed by atoms with Gasteiger partial charge in [0.15, 0.2) is 5.43 Å². The Balaban J connectivity index is 1.66. The number of rotatable bonds is 12. The zero-order valence-electron chi connectivity index (χ0n) is 29.7. The van der Waals surface area contributed by atoms with E-state index in [1.54, 1.807) is 50.4 Å². The van der Waals surface area contributed by atoms with E-state index < -0.39 is 60.5 Å². The van der Waals surface area contributed by atoms with Gasteiger partial charge in [-0.25, -0.2) is 14.8 Å². The number of hydrogen-bond donors (Lipinski definition) is 7. The predicted octanol–water partition coefficient (Wildman–Crippen LogP) is 3.74. The number of anilines is 2. The Morgan fingerprint density at radius 2 is 1.85 bits per heavy atom. The first-order chi connectivity index (χ1) is 25.9. The van der Waals surface area contributed by atoms with Gasteiger partial charge in [0.05, 0.1) is 18.8 Å². The number of aromatic nitrogens is 2.